The van der Waals surface area contributed by atoms with Crippen LogP contribution in [0.1, 0.15) is 24.5 Å². The van der Waals surface area contributed by atoms with Crippen LogP contribution in [0.25, 0.3) is 0 Å². The molecule has 0 amide bonds. The van der Waals surface area contributed by atoms with E-state index in [0.29, 0.717) is 0 Å². The molecule has 1 aromatic heterocycles. The lowest BCUT2D eigenvalue weighted by atomic mass is 10.1. The summed E-state index contributed by atoms with van der Waals surface area (Å²) < 4.78 is 0. The van der Waals surface area contributed by atoms with Gasteiger partial charge in [-0.2, -0.15) is 0 Å². The summed E-state index contributed by atoms with van der Waals surface area (Å²) in [5, 5.41) is 9.95. The van der Waals surface area contributed by atoms with Crippen molar-refractivity contribution in [2.24, 2.45) is 0 Å². The molecule has 3 heteroatoms. The van der Waals surface area contributed by atoms with Gasteiger partial charge in [-0.25, -0.2) is 0 Å². The zero-order valence-corrected chi connectivity index (χ0v) is 12.7. The van der Waals surface area contributed by atoms with Crippen molar-refractivity contribution in [3.05, 3.63) is 66.0 Å². The Morgan fingerprint density at radius 3 is 2.43 bits per heavy atom. The standard InChI is InChI=1S/C18H24N2O/c1-2-18(21)15-20(14-17-6-4-3-5-7-17)13-10-16-8-11-19-12-9-16/h3-9,11-12,18,21H,2,10,13-15H2,1H3. The fraction of sp³-hybridized carbons (Fsp3) is 0.389. The molecule has 1 N–H and O–H groups in total. The summed E-state index contributed by atoms with van der Waals surface area (Å²) in [6, 6.07) is 14.5. The predicted molar refractivity (Wildman–Crippen MR) is 86.0 cm³/mol. The highest BCUT2D eigenvalue weighted by Gasteiger charge is 2.11. The van der Waals surface area contributed by atoms with Crippen LogP contribution in [0.4, 0.5) is 0 Å². The van der Waals surface area contributed by atoms with Gasteiger partial charge in [-0.05, 0) is 36.1 Å². The van der Waals surface area contributed by atoms with Crippen LogP contribution in [0.5, 0.6) is 0 Å². The van der Waals surface area contributed by atoms with Gasteiger partial charge in [-0.1, -0.05) is 37.3 Å². The second kappa shape index (κ2) is 8.55. The number of aliphatic hydroxyl groups is 1. The summed E-state index contributed by atoms with van der Waals surface area (Å²) in [4.78, 5) is 6.37. The molecule has 0 bridgehead atoms. The summed E-state index contributed by atoms with van der Waals surface area (Å²) in [6.45, 7) is 4.56. The van der Waals surface area contributed by atoms with Crippen molar-refractivity contribution in [2.75, 3.05) is 13.1 Å². The molecule has 0 aliphatic heterocycles. The topological polar surface area (TPSA) is 36.4 Å². The molecular formula is C18H24N2O. The second-order valence-corrected chi connectivity index (χ2v) is 5.39. The van der Waals surface area contributed by atoms with Crippen molar-refractivity contribution in [2.45, 2.75) is 32.4 Å². The van der Waals surface area contributed by atoms with Crippen molar-refractivity contribution in [3.8, 4) is 0 Å². The van der Waals surface area contributed by atoms with E-state index in [1.54, 1.807) is 0 Å². The summed E-state index contributed by atoms with van der Waals surface area (Å²) in [5.74, 6) is 0. The number of nitrogens with zero attached hydrogens (tertiary/aromatic N) is 2. The van der Waals surface area contributed by atoms with Crippen molar-refractivity contribution in [3.63, 3.8) is 0 Å². The third kappa shape index (κ3) is 5.66. The Balaban J connectivity index is 1.95. The molecule has 0 saturated carbocycles. The first-order valence-electron chi connectivity index (χ1n) is 7.61. The molecule has 0 aliphatic carbocycles. The van der Waals surface area contributed by atoms with E-state index < -0.39 is 0 Å². The maximum Gasteiger partial charge on any atom is 0.0664 e. The van der Waals surface area contributed by atoms with Crippen molar-refractivity contribution in [1.29, 1.82) is 0 Å². The number of pyridine rings is 1. The van der Waals surface area contributed by atoms with Crippen LogP contribution in [-0.2, 0) is 13.0 Å². The molecule has 112 valence electrons. The molecular weight excluding hydrogens is 260 g/mol. The van der Waals surface area contributed by atoms with Gasteiger partial charge >= 0.3 is 0 Å². The summed E-state index contributed by atoms with van der Waals surface area (Å²) in [5.41, 5.74) is 2.57. The average Bonchev–Trinajstić information content (AvgIpc) is 2.54. The first-order valence-corrected chi connectivity index (χ1v) is 7.61. The van der Waals surface area contributed by atoms with Crippen LogP contribution in [0, 0.1) is 0 Å². The van der Waals surface area contributed by atoms with Crippen molar-refractivity contribution < 1.29 is 5.11 Å². The Bertz CT molecular complexity index is 501. The Kier molecular flexibility index (Phi) is 6.38. The number of aliphatic hydroxyl groups excluding tert-OH is 1. The van der Waals surface area contributed by atoms with Gasteiger partial charge in [0.1, 0.15) is 0 Å². The van der Waals surface area contributed by atoms with Crippen LogP contribution in [0.3, 0.4) is 0 Å². The molecule has 0 aliphatic rings. The monoisotopic (exact) mass is 284 g/mol. The zero-order chi connectivity index (χ0) is 14.9. The van der Waals surface area contributed by atoms with E-state index in [2.05, 4.69) is 46.3 Å². The maximum atomic E-state index is 9.95. The predicted octanol–water partition coefficient (Wildman–Crippen LogP) is 2.90. The highest BCUT2D eigenvalue weighted by atomic mass is 16.3. The van der Waals surface area contributed by atoms with Gasteiger partial charge < -0.3 is 5.11 Å². The van der Waals surface area contributed by atoms with Gasteiger partial charge in [0, 0.05) is 32.0 Å². The number of hydrogen-bond donors (Lipinski definition) is 1. The van der Waals surface area contributed by atoms with Crippen molar-refractivity contribution in [1.82, 2.24) is 9.88 Å². The highest BCUT2D eigenvalue weighted by Crippen LogP contribution is 2.08. The summed E-state index contributed by atoms with van der Waals surface area (Å²) in [6.07, 6.45) is 5.17. The van der Waals surface area contributed by atoms with Crippen LogP contribution in [-0.4, -0.2) is 34.2 Å². The minimum atomic E-state index is -0.258. The lowest BCUT2D eigenvalue weighted by molar-refractivity contribution is 0.106. The largest absolute Gasteiger partial charge is 0.392 e. The lowest BCUT2D eigenvalue weighted by Crippen LogP contribution is -2.33. The quantitative estimate of drug-likeness (QED) is 0.809. The molecule has 21 heavy (non-hydrogen) atoms. The molecule has 2 rings (SSSR count). The molecule has 0 saturated heterocycles. The normalized spacial score (nSPS) is 12.5. The molecule has 1 atom stereocenters. The first-order chi connectivity index (χ1) is 10.3. The van der Waals surface area contributed by atoms with E-state index in [1.807, 2.05) is 25.4 Å². The second-order valence-electron chi connectivity index (χ2n) is 5.39. The maximum absolute atomic E-state index is 9.95. The van der Waals surface area contributed by atoms with Gasteiger partial charge in [0.15, 0.2) is 0 Å². The summed E-state index contributed by atoms with van der Waals surface area (Å²) >= 11 is 0. The summed E-state index contributed by atoms with van der Waals surface area (Å²) in [7, 11) is 0. The van der Waals surface area contributed by atoms with E-state index in [-0.39, 0.29) is 6.10 Å². The minimum absolute atomic E-state index is 0.258. The Labute approximate surface area is 127 Å². The first kappa shape index (κ1) is 15.7. The lowest BCUT2D eigenvalue weighted by Gasteiger charge is -2.24. The van der Waals surface area contributed by atoms with Crippen LogP contribution in [0.2, 0.25) is 0 Å². The fourth-order valence-electron chi connectivity index (χ4n) is 2.34. The number of benzene rings is 1. The Morgan fingerprint density at radius 1 is 1.05 bits per heavy atom. The van der Waals surface area contributed by atoms with E-state index in [0.717, 1.165) is 32.5 Å². The van der Waals surface area contributed by atoms with Gasteiger partial charge in [0.25, 0.3) is 0 Å². The number of hydrogen-bond acceptors (Lipinski definition) is 3. The fourth-order valence-corrected chi connectivity index (χ4v) is 2.34. The van der Waals surface area contributed by atoms with E-state index in [9.17, 15) is 5.11 Å². The van der Waals surface area contributed by atoms with Gasteiger partial charge in [0.2, 0.25) is 0 Å². The zero-order valence-electron chi connectivity index (χ0n) is 12.7. The molecule has 1 unspecified atom stereocenters. The highest BCUT2D eigenvalue weighted by molar-refractivity contribution is 5.15. The van der Waals surface area contributed by atoms with Crippen LogP contribution < -0.4 is 0 Å². The molecule has 2 aromatic rings. The molecule has 0 radical (unpaired) electrons. The number of aromatic nitrogens is 1. The third-order valence-electron chi connectivity index (χ3n) is 3.66. The van der Waals surface area contributed by atoms with Crippen LogP contribution >= 0.6 is 0 Å². The smallest absolute Gasteiger partial charge is 0.0664 e. The van der Waals surface area contributed by atoms with Crippen molar-refractivity contribution >= 4 is 0 Å². The average molecular weight is 284 g/mol. The number of rotatable bonds is 8. The van der Waals surface area contributed by atoms with Gasteiger partial charge in [0.05, 0.1) is 6.10 Å². The van der Waals surface area contributed by atoms with Crippen LogP contribution in [0.15, 0.2) is 54.9 Å². The van der Waals surface area contributed by atoms with E-state index in [1.165, 1.54) is 11.1 Å². The van der Waals surface area contributed by atoms with E-state index in [4.69, 9.17) is 0 Å². The van der Waals surface area contributed by atoms with Gasteiger partial charge in [-0.3, -0.25) is 9.88 Å². The van der Waals surface area contributed by atoms with E-state index >= 15 is 0 Å². The molecule has 3 nitrogen and oxygen atoms in total. The minimum Gasteiger partial charge on any atom is -0.392 e. The SMILES string of the molecule is CCC(O)CN(CCc1ccncc1)Cc1ccccc1. The third-order valence-corrected chi connectivity index (χ3v) is 3.66. The Morgan fingerprint density at radius 2 is 1.76 bits per heavy atom. The molecule has 0 spiro atoms. The Hall–Kier alpha value is -1.71. The molecule has 1 aromatic carbocycles. The van der Waals surface area contributed by atoms with Gasteiger partial charge in [-0.15, -0.1) is 0 Å². The molecule has 1 heterocycles. The molecule has 0 fully saturated rings.